The molecule has 1 amide bonds. The Labute approximate surface area is 135 Å². The second-order valence-corrected chi connectivity index (χ2v) is 7.87. The number of carbonyl (C=O) groups is 1. The number of carbonyl (C=O) groups excluding carboxylic acids is 1. The highest BCUT2D eigenvalue weighted by Gasteiger charge is 2.40. The first-order valence-corrected chi connectivity index (χ1v) is 9.42. The van der Waals surface area contributed by atoms with Crippen molar-refractivity contribution >= 4 is 5.91 Å². The summed E-state index contributed by atoms with van der Waals surface area (Å²) < 4.78 is 0. The molecule has 1 aliphatic heterocycles. The van der Waals surface area contributed by atoms with Crippen LogP contribution in [0.15, 0.2) is 0 Å². The zero-order chi connectivity index (χ0) is 15.5. The second kappa shape index (κ2) is 7.31. The standard InChI is InChI=1S/C18H33N3O/c1-13-5-2-3-9-21(13)10-8-20-18(22)16-11-14-6-4-7-15(12-16)17(14)19/h13-17H,2-12,19H2,1H3,(H,20,22). The Morgan fingerprint density at radius 2 is 1.86 bits per heavy atom. The lowest BCUT2D eigenvalue weighted by Crippen LogP contribution is -2.50. The number of nitrogens with two attached hydrogens (primary N) is 1. The van der Waals surface area contributed by atoms with E-state index in [9.17, 15) is 4.79 Å². The number of likely N-dealkylation sites (tertiary alicyclic amines) is 1. The average Bonchev–Trinajstić information content (AvgIpc) is 2.49. The molecule has 22 heavy (non-hydrogen) atoms. The molecule has 2 bridgehead atoms. The first kappa shape index (κ1) is 16.3. The van der Waals surface area contributed by atoms with Gasteiger partial charge in [-0.15, -0.1) is 0 Å². The molecule has 2 saturated carbocycles. The van der Waals surface area contributed by atoms with Gasteiger partial charge in [-0.3, -0.25) is 9.69 Å². The summed E-state index contributed by atoms with van der Waals surface area (Å²) in [5, 5.41) is 3.20. The second-order valence-electron chi connectivity index (χ2n) is 7.87. The van der Waals surface area contributed by atoms with Gasteiger partial charge in [0.15, 0.2) is 0 Å². The minimum atomic E-state index is 0.217. The number of hydrogen-bond acceptors (Lipinski definition) is 3. The van der Waals surface area contributed by atoms with Crippen molar-refractivity contribution in [3.05, 3.63) is 0 Å². The molecule has 0 aromatic heterocycles. The third-order valence-electron chi connectivity index (χ3n) is 6.42. The van der Waals surface area contributed by atoms with Crippen LogP contribution in [0.2, 0.25) is 0 Å². The zero-order valence-corrected chi connectivity index (χ0v) is 14.1. The van der Waals surface area contributed by atoms with Crippen LogP contribution in [0.5, 0.6) is 0 Å². The van der Waals surface area contributed by atoms with Crippen molar-refractivity contribution in [3.63, 3.8) is 0 Å². The minimum absolute atomic E-state index is 0.217. The van der Waals surface area contributed by atoms with Crippen molar-refractivity contribution in [3.8, 4) is 0 Å². The number of piperidine rings is 1. The normalized spacial score (nSPS) is 39.5. The Bertz CT molecular complexity index is 373. The van der Waals surface area contributed by atoms with E-state index in [2.05, 4.69) is 17.1 Å². The van der Waals surface area contributed by atoms with Crippen molar-refractivity contribution in [1.82, 2.24) is 10.2 Å². The summed E-state index contributed by atoms with van der Waals surface area (Å²) in [7, 11) is 0. The Balaban J connectivity index is 1.42. The van der Waals surface area contributed by atoms with Gasteiger partial charge in [0.1, 0.15) is 0 Å². The van der Waals surface area contributed by atoms with Crippen molar-refractivity contribution in [2.75, 3.05) is 19.6 Å². The molecule has 4 heteroatoms. The molecule has 0 spiro atoms. The fourth-order valence-corrected chi connectivity index (χ4v) is 4.96. The van der Waals surface area contributed by atoms with Gasteiger partial charge in [0.25, 0.3) is 0 Å². The number of nitrogens with zero attached hydrogens (tertiary/aromatic N) is 1. The van der Waals surface area contributed by atoms with Gasteiger partial charge in [-0.1, -0.05) is 12.8 Å². The van der Waals surface area contributed by atoms with Crippen LogP contribution >= 0.6 is 0 Å². The number of amides is 1. The minimum Gasteiger partial charge on any atom is -0.355 e. The first-order valence-electron chi connectivity index (χ1n) is 9.42. The number of hydrogen-bond donors (Lipinski definition) is 2. The van der Waals surface area contributed by atoms with E-state index in [0.717, 1.165) is 25.9 Å². The zero-order valence-electron chi connectivity index (χ0n) is 14.1. The van der Waals surface area contributed by atoms with Crippen molar-refractivity contribution < 1.29 is 4.79 Å². The van der Waals surface area contributed by atoms with Gasteiger partial charge in [0.2, 0.25) is 5.91 Å². The highest BCUT2D eigenvalue weighted by molar-refractivity contribution is 5.78. The van der Waals surface area contributed by atoms with E-state index in [0.29, 0.717) is 23.9 Å². The molecule has 0 radical (unpaired) electrons. The fourth-order valence-electron chi connectivity index (χ4n) is 4.96. The van der Waals surface area contributed by atoms with Gasteiger partial charge >= 0.3 is 0 Å². The fraction of sp³-hybridized carbons (Fsp3) is 0.944. The highest BCUT2D eigenvalue weighted by Crippen LogP contribution is 2.41. The summed E-state index contributed by atoms with van der Waals surface area (Å²) in [6.45, 7) is 5.32. The topological polar surface area (TPSA) is 58.4 Å². The molecule has 0 aromatic rings. The van der Waals surface area contributed by atoms with Gasteiger partial charge in [-0.25, -0.2) is 0 Å². The van der Waals surface area contributed by atoms with Crippen molar-refractivity contribution in [2.45, 2.75) is 70.4 Å². The molecule has 3 aliphatic rings. The molecule has 126 valence electrons. The van der Waals surface area contributed by atoms with Crippen LogP contribution in [-0.4, -0.2) is 42.5 Å². The smallest absolute Gasteiger partial charge is 0.223 e. The van der Waals surface area contributed by atoms with E-state index in [1.807, 2.05) is 0 Å². The molecule has 0 aromatic carbocycles. The van der Waals surface area contributed by atoms with Crippen molar-refractivity contribution in [2.24, 2.45) is 23.5 Å². The Kier molecular flexibility index (Phi) is 5.40. The van der Waals surface area contributed by atoms with Crippen LogP contribution < -0.4 is 11.1 Å². The van der Waals surface area contributed by atoms with Crippen LogP contribution in [0.3, 0.4) is 0 Å². The predicted octanol–water partition coefficient (Wildman–Crippen LogP) is 2.13. The van der Waals surface area contributed by atoms with Crippen LogP contribution in [0, 0.1) is 17.8 Å². The van der Waals surface area contributed by atoms with E-state index in [1.54, 1.807) is 0 Å². The lowest BCUT2D eigenvalue weighted by atomic mass is 9.65. The summed E-state index contributed by atoms with van der Waals surface area (Å²) in [6.07, 6.45) is 9.77. The van der Waals surface area contributed by atoms with E-state index in [4.69, 9.17) is 5.73 Å². The molecule has 1 heterocycles. The predicted molar refractivity (Wildman–Crippen MR) is 89.4 cm³/mol. The SMILES string of the molecule is CC1CCCCN1CCNC(=O)C1CC2CCCC(C1)C2N. The molecule has 4 nitrogen and oxygen atoms in total. The molecule has 3 fully saturated rings. The number of fused-ring (bicyclic) bond motifs is 2. The van der Waals surface area contributed by atoms with Gasteiger partial charge in [0, 0.05) is 31.1 Å². The van der Waals surface area contributed by atoms with Crippen molar-refractivity contribution in [1.29, 1.82) is 0 Å². The summed E-state index contributed by atoms with van der Waals surface area (Å²) in [4.78, 5) is 15.0. The molecule has 3 atom stereocenters. The van der Waals surface area contributed by atoms with Gasteiger partial charge in [-0.05, 0) is 63.8 Å². The molecule has 3 rings (SSSR count). The molecular formula is C18H33N3O. The average molecular weight is 307 g/mol. The third kappa shape index (κ3) is 3.65. The largest absolute Gasteiger partial charge is 0.355 e. The van der Waals surface area contributed by atoms with Gasteiger partial charge in [-0.2, -0.15) is 0 Å². The number of nitrogens with one attached hydrogen (secondary N) is 1. The molecule has 3 N–H and O–H groups in total. The molecule has 3 unspecified atom stereocenters. The van der Waals surface area contributed by atoms with Crippen LogP contribution in [0.1, 0.15) is 58.3 Å². The van der Waals surface area contributed by atoms with Gasteiger partial charge in [0.05, 0.1) is 0 Å². The van der Waals surface area contributed by atoms with E-state index < -0.39 is 0 Å². The number of rotatable bonds is 4. The Morgan fingerprint density at radius 1 is 1.14 bits per heavy atom. The van der Waals surface area contributed by atoms with Crippen LogP contribution in [0.4, 0.5) is 0 Å². The quantitative estimate of drug-likeness (QED) is 0.836. The molecular weight excluding hydrogens is 274 g/mol. The maximum atomic E-state index is 12.5. The van der Waals surface area contributed by atoms with Gasteiger partial charge < -0.3 is 11.1 Å². The highest BCUT2D eigenvalue weighted by atomic mass is 16.1. The lowest BCUT2D eigenvalue weighted by molar-refractivity contribution is -0.128. The summed E-state index contributed by atoms with van der Waals surface area (Å²) >= 11 is 0. The third-order valence-corrected chi connectivity index (χ3v) is 6.42. The monoisotopic (exact) mass is 307 g/mol. The first-order chi connectivity index (χ1) is 10.6. The maximum Gasteiger partial charge on any atom is 0.223 e. The summed E-state index contributed by atoms with van der Waals surface area (Å²) in [6, 6.07) is 1.03. The van der Waals surface area contributed by atoms with Crippen LogP contribution in [-0.2, 0) is 4.79 Å². The maximum absolute atomic E-state index is 12.5. The summed E-state index contributed by atoms with van der Waals surface area (Å²) in [5.41, 5.74) is 6.32. The lowest BCUT2D eigenvalue weighted by Gasteiger charge is -2.43. The Hall–Kier alpha value is -0.610. The van der Waals surface area contributed by atoms with E-state index in [1.165, 1.54) is 45.1 Å². The van der Waals surface area contributed by atoms with Crippen LogP contribution in [0.25, 0.3) is 0 Å². The molecule has 2 aliphatic carbocycles. The molecule has 1 saturated heterocycles. The summed E-state index contributed by atoms with van der Waals surface area (Å²) in [5.74, 6) is 1.68. The van der Waals surface area contributed by atoms with E-state index in [-0.39, 0.29) is 11.8 Å². The Morgan fingerprint density at radius 3 is 2.55 bits per heavy atom. The van der Waals surface area contributed by atoms with E-state index >= 15 is 0 Å².